The Kier molecular flexibility index (Phi) is 14.3. The molecule has 0 bridgehead atoms. The predicted octanol–water partition coefficient (Wildman–Crippen LogP) is 5.79. The Bertz CT molecular complexity index is 145. The van der Waals surface area contributed by atoms with Crippen LogP contribution in [-0.2, 0) is 0 Å². The van der Waals surface area contributed by atoms with Crippen molar-refractivity contribution < 1.29 is 0 Å². The van der Waals surface area contributed by atoms with Crippen LogP contribution in [0.1, 0.15) is 91.9 Å². The largest absolute Gasteiger partial charge is 0.317 e. The fraction of sp³-hybridized carbons (Fsp3) is 1.00. The maximum atomic E-state index is 3.58. The van der Waals surface area contributed by atoms with Crippen LogP contribution in [0.15, 0.2) is 0 Å². The summed E-state index contributed by atoms with van der Waals surface area (Å²) in [7, 11) is 0. The molecule has 1 heteroatoms. The summed E-state index contributed by atoms with van der Waals surface area (Å²) in [4.78, 5) is 0. The van der Waals surface area contributed by atoms with E-state index in [1.165, 1.54) is 77.3 Å². The summed E-state index contributed by atoms with van der Waals surface area (Å²) in [6, 6.07) is 0. The van der Waals surface area contributed by atoms with Crippen LogP contribution in [0, 0.1) is 11.8 Å². The molecule has 0 amide bonds. The van der Waals surface area contributed by atoms with Gasteiger partial charge in [0.1, 0.15) is 0 Å². The van der Waals surface area contributed by atoms with E-state index >= 15 is 0 Å². The molecule has 0 aromatic rings. The minimum Gasteiger partial charge on any atom is -0.317 e. The molecule has 0 aliphatic heterocycles. The molecule has 0 heterocycles. The zero-order valence-corrected chi connectivity index (χ0v) is 14.1. The lowest BCUT2D eigenvalue weighted by Crippen LogP contribution is -2.16. The SMILES string of the molecule is CC(C)CCCCCCNCCCCCCC(C)C. The first kappa shape index (κ1) is 19.0. The van der Waals surface area contributed by atoms with Crippen LogP contribution >= 0.6 is 0 Å². The molecule has 0 radical (unpaired) electrons. The molecule has 0 aliphatic carbocycles. The molecule has 1 N–H and O–H groups in total. The van der Waals surface area contributed by atoms with Crippen molar-refractivity contribution in [2.75, 3.05) is 13.1 Å². The Morgan fingerprint density at radius 2 is 0.895 bits per heavy atom. The third-order valence-electron chi connectivity index (χ3n) is 3.77. The lowest BCUT2D eigenvalue weighted by Gasteiger charge is -2.06. The van der Waals surface area contributed by atoms with Crippen LogP contribution in [0.2, 0.25) is 0 Å². The molecule has 0 fully saturated rings. The van der Waals surface area contributed by atoms with Gasteiger partial charge < -0.3 is 5.32 Å². The van der Waals surface area contributed by atoms with Crippen molar-refractivity contribution in [3.63, 3.8) is 0 Å². The van der Waals surface area contributed by atoms with Gasteiger partial charge in [-0.05, 0) is 37.8 Å². The minimum absolute atomic E-state index is 0.883. The molecule has 0 atom stereocenters. The minimum atomic E-state index is 0.883. The van der Waals surface area contributed by atoms with Crippen molar-refractivity contribution in [2.24, 2.45) is 11.8 Å². The maximum absolute atomic E-state index is 3.58. The smallest absolute Gasteiger partial charge is 0.00489 e. The Labute approximate surface area is 122 Å². The Morgan fingerprint density at radius 3 is 1.26 bits per heavy atom. The second kappa shape index (κ2) is 14.4. The topological polar surface area (TPSA) is 12.0 Å². The first-order valence-corrected chi connectivity index (χ1v) is 8.83. The second-order valence-electron chi connectivity index (χ2n) is 6.94. The van der Waals surface area contributed by atoms with Crippen LogP contribution in [0.3, 0.4) is 0 Å². The van der Waals surface area contributed by atoms with Crippen molar-refractivity contribution in [3.05, 3.63) is 0 Å². The highest BCUT2D eigenvalue weighted by Crippen LogP contribution is 2.10. The molecule has 0 aromatic carbocycles. The van der Waals surface area contributed by atoms with E-state index in [9.17, 15) is 0 Å². The number of hydrogen-bond acceptors (Lipinski definition) is 1. The molecule has 0 saturated carbocycles. The average Bonchev–Trinajstić information content (AvgIpc) is 2.34. The molecular formula is C18H39N. The van der Waals surface area contributed by atoms with Crippen LogP contribution in [0.4, 0.5) is 0 Å². The molecule has 0 spiro atoms. The Balaban J connectivity index is 2.95. The summed E-state index contributed by atoms with van der Waals surface area (Å²) < 4.78 is 0. The van der Waals surface area contributed by atoms with Gasteiger partial charge in [0.25, 0.3) is 0 Å². The molecule has 0 aromatic heterocycles. The van der Waals surface area contributed by atoms with Gasteiger partial charge in [0.15, 0.2) is 0 Å². The van der Waals surface area contributed by atoms with Gasteiger partial charge in [-0.2, -0.15) is 0 Å². The van der Waals surface area contributed by atoms with Gasteiger partial charge in [-0.25, -0.2) is 0 Å². The third kappa shape index (κ3) is 18.0. The van der Waals surface area contributed by atoms with E-state index in [0.717, 1.165) is 11.8 Å². The molecule has 1 nitrogen and oxygen atoms in total. The summed E-state index contributed by atoms with van der Waals surface area (Å²) >= 11 is 0. The van der Waals surface area contributed by atoms with Gasteiger partial charge in [-0.3, -0.25) is 0 Å². The fourth-order valence-electron chi connectivity index (χ4n) is 2.44. The predicted molar refractivity (Wildman–Crippen MR) is 88.7 cm³/mol. The van der Waals surface area contributed by atoms with Gasteiger partial charge in [0.2, 0.25) is 0 Å². The van der Waals surface area contributed by atoms with Crippen LogP contribution in [0.25, 0.3) is 0 Å². The molecule has 0 rings (SSSR count). The molecular weight excluding hydrogens is 230 g/mol. The zero-order chi connectivity index (χ0) is 14.3. The van der Waals surface area contributed by atoms with E-state index in [4.69, 9.17) is 0 Å². The maximum Gasteiger partial charge on any atom is -0.00489 e. The first-order valence-electron chi connectivity index (χ1n) is 8.83. The number of unbranched alkanes of at least 4 members (excludes halogenated alkanes) is 6. The molecule has 0 aliphatic rings. The normalized spacial score (nSPS) is 11.7. The number of rotatable bonds is 14. The zero-order valence-electron chi connectivity index (χ0n) is 14.1. The summed E-state index contributed by atoms with van der Waals surface area (Å²) in [6.07, 6.45) is 14.1. The third-order valence-corrected chi connectivity index (χ3v) is 3.77. The van der Waals surface area contributed by atoms with Crippen LogP contribution in [-0.4, -0.2) is 13.1 Å². The number of hydrogen-bond donors (Lipinski definition) is 1. The van der Waals surface area contributed by atoms with Crippen molar-refractivity contribution in [2.45, 2.75) is 91.9 Å². The van der Waals surface area contributed by atoms with Crippen LogP contribution in [0.5, 0.6) is 0 Å². The number of nitrogens with one attached hydrogen (secondary N) is 1. The molecule has 0 unspecified atom stereocenters. The summed E-state index contributed by atoms with van der Waals surface area (Å²) in [5.74, 6) is 1.77. The summed E-state index contributed by atoms with van der Waals surface area (Å²) in [5, 5.41) is 3.58. The lowest BCUT2D eigenvalue weighted by atomic mass is 10.0. The monoisotopic (exact) mass is 269 g/mol. The standard InChI is InChI=1S/C18H39N/c1-17(2)13-9-5-7-11-15-19-16-12-8-6-10-14-18(3)4/h17-19H,5-16H2,1-4H3. The highest BCUT2D eigenvalue weighted by molar-refractivity contribution is 4.53. The van der Waals surface area contributed by atoms with Gasteiger partial charge in [0, 0.05) is 0 Å². The van der Waals surface area contributed by atoms with Crippen molar-refractivity contribution in [1.82, 2.24) is 5.32 Å². The van der Waals surface area contributed by atoms with Crippen molar-refractivity contribution in [1.29, 1.82) is 0 Å². The van der Waals surface area contributed by atoms with Gasteiger partial charge in [0.05, 0.1) is 0 Å². The Hall–Kier alpha value is -0.0400. The summed E-state index contributed by atoms with van der Waals surface area (Å²) in [6.45, 7) is 11.7. The van der Waals surface area contributed by atoms with Crippen molar-refractivity contribution >= 4 is 0 Å². The van der Waals surface area contributed by atoms with Gasteiger partial charge >= 0.3 is 0 Å². The first-order chi connectivity index (χ1) is 9.13. The van der Waals surface area contributed by atoms with E-state index in [1.54, 1.807) is 0 Å². The quantitative estimate of drug-likeness (QED) is 0.394. The summed E-state index contributed by atoms with van der Waals surface area (Å²) in [5.41, 5.74) is 0. The fourth-order valence-corrected chi connectivity index (χ4v) is 2.44. The van der Waals surface area contributed by atoms with Gasteiger partial charge in [-0.1, -0.05) is 79.1 Å². The Morgan fingerprint density at radius 1 is 0.526 bits per heavy atom. The molecule has 19 heavy (non-hydrogen) atoms. The van der Waals surface area contributed by atoms with E-state index in [0.29, 0.717) is 0 Å². The van der Waals surface area contributed by atoms with E-state index in [-0.39, 0.29) is 0 Å². The highest BCUT2D eigenvalue weighted by Gasteiger charge is 1.96. The van der Waals surface area contributed by atoms with Crippen molar-refractivity contribution in [3.8, 4) is 0 Å². The molecule has 0 saturated heterocycles. The van der Waals surface area contributed by atoms with E-state index in [2.05, 4.69) is 33.0 Å². The molecule has 116 valence electrons. The van der Waals surface area contributed by atoms with Crippen LogP contribution < -0.4 is 5.32 Å². The second-order valence-corrected chi connectivity index (χ2v) is 6.94. The van der Waals surface area contributed by atoms with E-state index in [1.807, 2.05) is 0 Å². The average molecular weight is 270 g/mol. The van der Waals surface area contributed by atoms with Gasteiger partial charge in [-0.15, -0.1) is 0 Å². The lowest BCUT2D eigenvalue weighted by molar-refractivity contribution is 0.499. The van der Waals surface area contributed by atoms with E-state index < -0.39 is 0 Å². The highest BCUT2D eigenvalue weighted by atomic mass is 14.8.